The van der Waals surface area contributed by atoms with Gasteiger partial charge in [-0.2, -0.15) is 0 Å². The van der Waals surface area contributed by atoms with Crippen LogP contribution in [-0.4, -0.2) is 5.97 Å². The molecule has 0 fully saturated rings. The van der Waals surface area contributed by atoms with Crippen molar-refractivity contribution in [2.45, 2.75) is 20.8 Å². The predicted octanol–water partition coefficient (Wildman–Crippen LogP) is 2.19. The number of hydrogen-bond donors (Lipinski definition) is 2. The molecule has 0 aliphatic carbocycles. The Bertz CT molecular complexity index is 356. The molecule has 0 aliphatic heterocycles. The van der Waals surface area contributed by atoms with Gasteiger partial charge in [-0.05, 0) is 32.9 Å². The molecule has 0 unspecified atom stereocenters. The van der Waals surface area contributed by atoms with Crippen molar-refractivity contribution in [1.29, 1.82) is 0 Å². The standard InChI is InChI=1S/C11H16N2O2/c1-11(2,3)10(14)15-13-9-7-5-4-6-8(9)12/h4-7,13H,12H2,1-3H3. The minimum Gasteiger partial charge on any atom is -0.397 e. The van der Waals surface area contributed by atoms with Gasteiger partial charge < -0.3 is 10.6 Å². The second-order valence-corrected chi connectivity index (χ2v) is 4.33. The van der Waals surface area contributed by atoms with Crippen LogP contribution in [0.4, 0.5) is 11.4 Å². The van der Waals surface area contributed by atoms with Crippen molar-refractivity contribution in [2.75, 3.05) is 11.2 Å². The number of carbonyl (C=O) groups is 1. The zero-order valence-electron chi connectivity index (χ0n) is 9.20. The maximum absolute atomic E-state index is 11.4. The van der Waals surface area contributed by atoms with E-state index in [0.717, 1.165) is 0 Å². The first-order chi connectivity index (χ1) is 6.91. The van der Waals surface area contributed by atoms with Crippen molar-refractivity contribution in [3.63, 3.8) is 0 Å². The summed E-state index contributed by atoms with van der Waals surface area (Å²) in [4.78, 5) is 16.3. The van der Waals surface area contributed by atoms with Crippen LogP contribution >= 0.6 is 0 Å². The molecule has 3 N–H and O–H groups in total. The molecule has 0 saturated carbocycles. The lowest BCUT2D eigenvalue weighted by molar-refractivity contribution is -0.149. The molecule has 1 aromatic carbocycles. The Morgan fingerprint density at radius 3 is 2.47 bits per heavy atom. The van der Waals surface area contributed by atoms with E-state index in [1.807, 2.05) is 12.1 Å². The molecule has 0 saturated heterocycles. The van der Waals surface area contributed by atoms with Gasteiger partial charge in [0.15, 0.2) is 0 Å². The zero-order valence-corrected chi connectivity index (χ0v) is 9.20. The maximum atomic E-state index is 11.4. The summed E-state index contributed by atoms with van der Waals surface area (Å²) in [5.74, 6) is -0.328. The average molecular weight is 208 g/mol. The number of rotatable bonds is 2. The number of nitrogens with two attached hydrogens (primary N) is 1. The van der Waals surface area contributed by atoms with Crippen molar-refractivity contribution in [3.8, 4) is 0 Å². The lowest BCUT2D eigenvalue weighted by atomic mass is 9.98. The van der Waals surface area contributed by atoms with Gasteiger partial charge in [-0.1, -0.05) is 12.1 Å². The Kier molecular flexibility index (Phi) is 3.19. The van der Waals surface area contributed by atoms with Gasteiger partial charge in [0.2, 0.25) is 0 Å². The molecule has 1 rings (SSSR count). The maximum Gasteiger partial charge on any atom is 0.337 e. The summed E-state index contributed by atoms with van der Waals surface area (Å²) in [6, 6.07) is 7.09. The van der Waals surface area contributed by atoms with Gasteiger partial charge in [0.05, 0.1) is 16.8 Å². The van der Waals surface area contributed by atoms with Crippen molar-refractivity contribution in [1.82, 2.24) is 0 Å². The van der Waals surface area contributed by atoms with Crippen LogP contribution in [0, 0.1) is 5.41 Å². The largest absolute Gasteiger partial charge is 0.397 e. The SMILES string of the molecule is CC(C)(C)C(=O)ONc1ccccc1N. The summed E-state index contributed by atoms with van der Waals surface area (Å²) in [7, 11) is 0. The normalized spacial score (nSPS) is 10.9. The van der Waals surface area contributed by atoms with Crippen LogP contribution in [0.3, 0.4) is 0 Å². The minimum atomic E-state index is -0.531. The zero-order chi connectivity index (χ0) is 11.5. The number of benzene rings is 1. The third kappa shape index (κ3) is 3.16. The molecular weight excluding hydrogens is 192 g/mol. The van der Waals surface area contributed by atoms with Gasteiger partial charge in [0.25, 0.3) is 0 Å². The first-order valence-electron chi connectivity index (χ1n) is 4.73. The van der Waals surface area contributed by atoms with Gasteiger partial charge in [-0.25, -0.2) is 10.3 Å². The Morgan fingerprint density at radius 2 is 1.93 bits per heavy atom. The topological polar surface area (TPSA) is 64.3 Å². The molecule has 15 heavy (non-hydrogen) atoms. The van der Waals surface area contributed by atoms with E-state index in [0.29, 0.717) is 11.4 Å². The molecule has 0 amide bonds. The van der Waals surface area contributed by atoms with E-state index in [9.17, 15) is 4.79 Å². The van der Waals surface area contributed by atoms with Crippen LogP contribution in [0.2, 0.25) is 0 Å². The van der Waals surface area contributed by atoms with Crippen LogP contribution in [-0.2, 0) is 9.63 Å². The second kappa shape index (κ2) is 4.21. The van der Waals surface area contributed by atoms with Crippen LogP contribution in [0.15, 0.2) is 24.3 Å². The molecule has 0 aromatic heterocycles. The summed E-state index contributed by atoms with van der Waals surface area (Å²) in [5.41, 5.74) is 8.81. The lowest BCUT2D eigenvalue weighted by Crippen LogP contribution is -2.25. The third-order valence-corrected chi connectivity index (χ3v) is 1.83. The van der Waals surface area contributed by atoms with Gasteiger partial charge >= 0.3 is 5.97 Å². The van der Waals surface area contributed by atoms with Gasteiger partial charge in [0.1, 0.15) is 0 Å². The van der Waals surface area contributed by atoms with E-state index < -0.39 is 5.41 Å². The molecule has 0 atom stereocenters. The molecule has 0 heterocycles. The van der Waals surface area contributed by atoms with E-state index in [-0.39, 0.29) is 5.97 Å². The molecule has 0 spiro atoms. The van der Waals surface area contributed by atoms with Crippen LogP contribution in [0.25, 0.3) is 0 Å². The van der Waals surface area contributed by atoms with E-state index in [1.54, 1.807) is 32.9 Å². The van der Waals surface area contributed by atoms with Crippen LogP contribution in [0.5, 0.6) is 0 Å². The Morgan fingerprint density at radius 1 is 1.33 bits per heavy atom. The van der Waals surface area contributed by atoms with Gasteiger partial charge in [-0.3, -0.25) is 0 Å². The summed E-state index contributed by atoms with van der Waals surface area (Å²) in [6.45, 7) is 5.35. The number of nitrogens with one attached hydrogen (secondary N) is 1. The number of nitrogen functional groups attached to an aromatic ring is 1. The van der Waals surface area contributed by atoms with Crippen molar-refractivity contribution in [2.24, 2.45) is 5.41 Å². The van der Waals surface area contributed by atoms with Crippen LogP contribution < -0.4 is 11.2 Å². The summed E-state index contributed by atoms with van der Waals surface area (Å²) in [5, 5.41) is 0. The Hall–Kier alpha value is -1.71. The fraction of sp³-hybridized carbons (Fsp3) is 0.364. The Labute approximate surface area is 89.4 Å². The molecule has 82 valence electrons. The molecule has 1 aromatic rings. The minimum absolute atomic E-state index is 0.328. The van der Waals surface area contributed by atoms with E-state index >= 15 is 0 Å². The number of hydrogen-bond acceptors (Lipinski definition) is 4. The molecular formula is C11H16N2O2. The highest BCUT2D eigenvalue weighted by Crippen LogP contribution is 2.19. The highest BCUT2D eigenvalue weighted by atomic mass is 16.7. The Balaban J connectivity index is 2.59. The predicted molar refractivity (Wildman–Crippen MR) is 60.0 cm³/mol. The van der Waals surface area contributed by atoms with Crippen LogP contribution in [0.1, 0.15) is 20.8 Å². The third-order valence-electron chi connectivity index (χ3n) is 1.83. The monoisotopic (exact) mass is 208 g/mol. The lowest BCUT2D eigenvalue weighted by Gasteiger charge is -2.17. The highest BCUT2D eigenvalue weighted by Gasteiger charge is 2.23. The smallest absolute Gasteiger partial charge is 0.337 e. The summed E-state index contributed by atoms with van der Waals surface area (Å²) >= 11 is 0. The molecule has 0 radical (unpaired) electrons. The summed E-state index contributed by atoms with van der Waals surface area (Å²) < 4.78 is 0. The molecule has 4 nitrogen and oxygen atoms in total. The van der Waals surface area contributed by atoms with Gasteiger partial charge in [-0.15, -0.1) is 0 Å². The second-order valence-electron chi connectivity index (χ2n) is 4.33. The van der Waals surface area contributed by atoms with E-state index in [2.05, 4.69) is 5.48 Å². The number of carbonyl (C=O) groups excluding carboxylic acids is 1. The number of para-hydroxylation sites is 2. The fourth-order valence-electron chi connectivity index (χ4n) is 0.844. The summed E-state index contributed by atoms with van der Waals surface area (Å²) in [6.07, 6.45) is 0. The molecule has 0 bridgehead atoms. The van der Waals surface area contributed by atoms with Crippen molar-refractivity contribution in [3.05, 3.63) is 24.3 Å². The van der Waals surface area contributed by atoms with Crippen molar-refractivity contribution >= 4 is 17.3 Å². The van der Waals surface area contributed by atoms with Gasteiger partial charge in [0, 0.05) is 0 Å². The van der Waals surface area contributed by atoms with Crippen molar-refractivity contribution < 1.29 is 9.63 Å². The number of anilines is 2. The first kappa shape index (κ1) is 11.4. The molecule has 0 aliphatic rings. The first-order valence-corrected chi connectivity index (χ1v) is 4.73. The fourth-order valence-corrected chi connectivity index (χ4v) is 0.844. The highest BCUT2D eigenvalue weighted by molar-refractivity contribution is 5.77. The van der Waals surface area contributed by atoms with E-state index in [4.69, 9.17) is 10.6 Å². The van der Waals surface area contributed by atoms with E-state index in [1.165, 1.54) is 0 Å². The quantitative estimate of drug-likeness (QED) is 0.577. The average Bonchev–Trinajstić information content (AvgIpc) is 2.14. The molecule has 4 heteroatoms.